The normalized spacial score (nSPS) is 10.6. The van der Waals surface area contributed by atoms with Gasteiger partial charge in [-0.2, -0.15) is 0 Å². The molecule has 1 heterocycles. The molecule has 0 aliphatic carbocycles. The van der Waals surface area contributed by atoms with Gasteiger partial charge < -0.3 is 15.1 Å². The van der Waals surface area contributed by atoms with Crippen LogP contribution in [0.25, 0.3) is 11.5 Å². The molecule has 0 saturated heterocycles. The molecule has 0 fully saturated rings. The summed E-state index contributed by atoms with van der Waals surface area (Å²) in [5.41, 5.74) is 4.49. The van der Waals surface area contributed by atoms with E-state index in [-0.39, 0.29) is 17.6 Å². The predicted molar refractivity (Wildman–Crippen MR) is 129 cm³/mol. The van der Waals surface area contributed by atoms with E-state index in [1.54, 1.807) is 24.3 Å². The van der Waals surface area contributed by atoms with Crippen molar-refractivity contribution in [2.75, 3.05) is 16.4 Å². The molecule has 0 radical (unpaired) electrons. The maximum Gasteiger partial charge on any atom is 0.277 e. The number of thioether (sulfide) groups is 1. The molecule has 0 atom stereocenters. The molecule has 33 heavy (non-hydrogen) atoms. The fourth-order valence-corrected chi connectivity index (χ4v) is 3.67. The Morgan fingerprint density at radius 2 is 1.67 bits per heavy atom. The SMILES string of the molecule is Cc1ccc(-c2nnc(SCC(=O)Nc3ccccc3C(=O)Nc3cccc(C)c3)o2)cc1. The molecule has 1 aromatic heterocycles. The zero-order chi connectivity index (χ0) is 23.2. The van der Waals surface area contributed by atoms with E-state index in [4.69, 9.17) is 4.42 Å². The van der Waals surface area contributed by atoms with Gasteiger partial charge in [-0.25, -0.2) is 0 Å². The Bertz CT molecular complexity index is 1280. The van der Waals surface area contributed by atoms with Gasteiger partial charge in [-0.15, -0.1) is 10.2 Å². The minimum Gasteiger partial charge on any atom is -0.411 e. The van der Waals surface area contributed by atoms with Crippen molar-refractivity contribution in [3.05, 3.63) is 89.5 Å². The van der Waals surface area contributed by atoms with Crippen molar-refractivity contribution in [3.8, 4) is 11.5 Å². The number of aromatic nitrogens is 2. The molecule has 0 aliphatic heterocycles. The first-order chi connectivity index (χ1) is 16.0. The number of para-hydroxylation sites is 1. The minimum absolute atomic E-state index is 0.0589. The molecule has 8 heteroatoms. The van der Waals surface area contributed by atoms with Crippen molar-refractivity contribution < 1.29 is 14.0 Å². The molecule has 4 rings (SSSR count). The smallest absolute Gasteiger partial charge is 0.277 e. The number of nitrogens with zero attached hydrogens (tertiary/aromatic N) is 2. The summed E-state index contributed by atoms with van der Waals surface area (Å²) in [6.45, 7) is 3.95. The first-order valence-electron chi connectivity index (χ1n) is 10.3. The third-order valence-electron chi connectivity index (χ3n) is 4.75. The monoisotopic (exact) mass is 458 g/mol. The second-order valence-electron chi connectivity index (χ2n) is 7.45. The van der Waals surface area contributed by atoms with E-state index in [2.05, 4.69) is 20.8 Å². The van der Waals surface area contributed by atoms with Crippen LogP contribution in [0.4, 0.5) is 11.4 Å². The van der Waals surface area contributed by atoms with Gasteiger partial charge in [0.25, 0.3) is 11.1 Å². The summed E-state index contributed by atoms with van der Waals surface area (Å²) in [6.07, 6.45) is 0. The van der Waals surface area contributed by atoms with Crippen LogP contribution in [-0.2, 0) is 4.79 Å². The number of rotatable bonds is 7. The van der Waals surface area contributed by atoms with Crippen molar-refractivity contribution in [2.24, 2.45) is 0 Å². The maximum absolute atomic E-state index is 12.8. The topological polar surface area (TPSA) is 97.1 Å². The van der Waals surface area contributed by atoms with Crippen LogP contribution in [0.3, 0.4) is 0 Å². The van der Waals surface area contributed by atoms with Crippen LogP contribution in [0.5, 0.6) is 0 Å². The molecule has 166 valence electrons. The van der Waals surface area contributed by atoms with E-state index >= 15 is 0 Å². The summed E-state index contributed by atoms with van der Waals surface area (Å²) < 4.78 is 5.64. The lowest BCUT2D eigenvalue weighted by Gasteiger charge is -2.11. The molecule has 2 amide bonds. The summed E-state index contributed by atoms with van der Waals surface area (Å²) in [7, 11) is 0. The molecule has 3 aromatic carbocycles. The van der Waals surface area contributed by atoms with Gasteiger partial charge in [0.1, 0.15) is 0 Å². The molecule has 0 saturated carbocycles. The molecular weight excluding hydrogens is 436 g/mol. The Hall–Kier alpha value is -3.91. The van der Waals surface area contributed by atoms with Gasteiger partial charge in [-0.1, -0.05) is 53.7 Å². The Balaban J connectivity index is 1.37. The van der Waals surface area contributed by atoms with Gasteiger partial charge in [0.2, 0.25) is 11.8 Å². The van der Waals surface area contributed by atoms with Crippen molar-refractivity contribution in [2.45, 2.75) is 19.1 Å². The van der Waals surface area contributed by atoms with Crippen LogP contribution in [0, 0.1) is 13.8 Å². The van der Waals surface area contributed by atoms with Crippen LogP contribution in [0.2, 0.25) is 0 Å². The van der Waals surface area contributed by atoms with E-state index in [0.29, 0.717) is 28.1 Å². The van der Waals surface area contributed by atoms with Crippen LogP contribution < -0.4 is 10.6 Å². The standard InChI is InChI=1S/C25H22N4O3S/c1-16-10-12-18(13-11-16)24-28-29-25(32-24)33-15-22(30)27-21-9-4-3-8-20(21)23(31)26-19-7-5-6-17(2)14-19/h3-14H,15H2,1-2H3,(H,26,31)(H,27,30). The number of nitrogens with one attached hydrogen (secondary N) is 2. The summed E-state index contributed by atoms with van der Waals surface area (Å²) >= 11 is 1.13. The van der Waals surface area contributed by atoms with Crippen LogP contribution >= 0.6 is 11.8 Å². The highest BCUT2D eigenvalue weighted by Crippen LogP contribution is 2.24. The van der Waals surface area contributed by atoms with Crippen molar-refractivity contribution in [3.63, 3.8) is 0 Å². The van der Waals surface area contributed by atoms with Crippen molar-refractivity contribution in [1.29, 1.82) is 0 Å². The summed E-state index contributed by atoms with van der Waals surface area (Å²) in [6, 6.07) is 22.1. The highest BCUT2D eigenvalue weighted by molar-refractivity contribution is 7.99. The Labute approximate surface area is 195 Å². The summed E-state index contributed by atoms with van der Waals surface area (Å²) in [5.74, 6) is -0.130. The molecule has 0 bridgehead atoms. The van der Waals surface area contributed by atoms with E-state index in [9.17, 15) is 9.59 Å². The number of amides is 2. The lowest BCUT2D eigenvalue weighted by molar-refractivity contribution is -0.113. The second kappa shape index (κ2) is 10.1. The molecule has 0 aliphatic rings. The zero-order valence-corrected chi connectivity index (χ0v) is 19.0. The lowest BCUT2D eigenvalue weighted by atomic mass is 10.1. The van der Waals surface area contributed by atoms with E-state index in [0.717, 1.165) is 28.5 Å². The zero-order valence-electron chi connectivity index (χ0n) is 18.2. The molecular formula is C25H22N4O3S. The quantitative estimate of drug-likeness (QED) is 0.363. The minimum atomic E-state index is -0.302. The predicted octanol–water partition coefficient (Wildman–Crippen LogP) is 5.34. The highest BCUT2D eigenvalue weighted by Gasteiger charge is 2.15. The fourth-order valence-electron chi connectivity index (χ4n) is 3.11. The largest absolute Gasteiger partial charge is 0.411 e. The molecule has 0 spiro atoms. The number of hydrogen-bond acceptors (Lipinski definition) is 6. The Morgan fingerprint density at radius 3 is 2.45 bits per heavy atom. The Kier molecular flexibility index (Phi) is 6.85. The molecule has 7 nitrogen and oxygen atoms in total. The lowest BCUT2D eigenvalue weighted by Crippen LogP contribution is -2.19. The van der Waals surface area contributed by atoms with E-state index in [1.165, 1.54) is 0 Å². The first kappa shape index (κ1) is 22.3. The number of benzene rings is 3. The first-order valence-corrected chi connectivity index (χ1v) is 11.3. The van der Waals surface area contributed by atoms with Gasteiger partial charge in [0.15, 0.2) is 0 Å². The number of carbonyl (C=O) groups excluding carboxylic acids is 2. The average molecular weight is 459 g/mol. The maximum atomic E-state index is 12.8. The highest BCUT2D eigenvalue weighted by atomic mass is 32.2. The van der Waals surface area contributed by atoms with Gasteiger partial charge >= 0.3 is 0 Å². The fraction of sp³-hybridized carbons (Fsp3) is 0.120. The summed E-state index contributed by atoms with van der Waals surface area (Å²) in [4.78, 5) is 25.3. The number of aryl methyl sites for hydroxylation is 2. The third-order valence-corrected chi connectivity index (χ3v) is 5.57. The van der Waals surface area contributed by atoms with Crippen molar-refractivity contribution in [1.82, 2.24) is 10.2 Å². The van der Waals surface area contributed by atoms with Crippen LogP contribution in [0.15, 0.2) is 82.4 Å². The third kappa shape index (κ3) is 5.87. The van der Waals surface area contributed by atoms with Gasteiger partial charge in [-0.05, 0) is 55.8 Å². The van der Waals surface area contributed by atoms with Crippen LogP contribution in [0.1, 0.15) is 21.5 Å². The van der Waals surface area contributed by atoms with E-state index < -0.39 is 0 Å². The second-order valence-corrected chi connectivity index (χ2v) is 8.37. The van der Waals surface area contributed by atoms with Gasteiger partial charge in [-0.3, -0.25) is 9.59 Å². The van der Waals surface area contributed by atoms with Gasteiger partial charge in [0.05, 0.1) is 17.0 Å². The number of carbonyl (C=O) groups is 2. The molecule has 4 aromatic rings. The van der Waals surface area contributed by atoms with Crippen molar-refractivity contribution >= 4 is 35.0 Å². The average Bonchev–Trinajstić information content (AvgIpc) is 3.28. The van der Waals surface area contributed by atoms with Crippen LogP contribution in [-0.4, -0.2) is 27.8 Å². The van der Waals surface area contributed by atoms with E-state index in [1.807, 2.05) is 62.4 Å². The summed E-state index contributed by atoms with van der Waals surface area (Å²) in [5, 5.41) is 14.0. The van der Waals surface area contributed by atoms with Gasteiger partial charge in [0, 0.05) is 11.3 Å². The number of anilines is 2. The molecule has 2 N–H and O–H groups in total. The number of hydrogen-bond donors (Lipinski definition) is 2. The Morgan fingerprint density at radius 1 is 0.879 bits per heavy atom. The molecule has 0 unspecified atom stereocenters.